The average molecular weight is 122 g/mol. The molecule has 1 unspecified atom stereocenters. The summed E-state index contributed by atoms with van der Waals surface area (Å²) in [5.74, 6) is -1.19. The van der Waals surface area contributed by atoms with Crippen molar-refractivity contribution >= 4 is 18.6 Å². The Morgan fingerprint density at radius 3 is 2.71 bits per heavy atom. The van der Waals surface area contributed by atoms with E-state index < -0.39 is 17.7 Å². The molecule has 0 bridgehead atoms. The van der Waals surface area contributed by atoms with Crippen LogP contribution in [0.15, 0.2) is 0 Å². The van der Waals surface area contributed by atoms with E-state index in [2.05, 4.69) is 12.6 Å². The first-order valence-corrected chi connectivity index (χ1v) is 2.16. The van der Waals surface area contributed by atoms with Crippen LogP contribution < -0.4 is 5.73 Å². The summed E-state index contributed by atoms with van der Waals surface area (Å²) in [7, 11) is 0. The summed E-state index contributed by atoms with van der Waals surface area (Å²) in [4.78, 5) is 9.85. The zero-order valence-electron chi connectivity index (χ0n) is 4.53. The lowest BCUT2D eigenvalue weighted by Crippen LogP contribution is -2.31. The van der Waals surface area contributed by atoms with Crippen molar-refractivity contribution < 1.29 is 11.3 Å². The van der Waals surface area contributed by atoms with Gasteiger partial charge in [0.15, 0.2) is 0 Å². The zero-order chi connectivity index (χ0) is 6.73. The van der Waals surface area contributed by atoms with Gasteiger partial charge in [0.25, 0.3) is 0 Å². The van der Waals surface area contributed by atoms with Crippen LogP contribution in [0.25, 0.3) is 0 Å². The second-order valence-electron chi connectivity index (χ2n) is 1.01. The van der Waals surface area contributed by atoms with Crippen LogP contribution in [0.1, 0.15) is 1.37 Å². The molecule has 2 atom stereocenters. The molecule has 0 saturated carbocycles. The second kappa shape index (κ2) is 2.87. The minimum atomic E-state index is -1.19. The van der Waals surface area contributed by atoms with Crippen LogP contribution in [-0.2, 0) is 4.79 Å². The van der Waals surface area contributed by atoms with Crippen LogP contribution in [0.4, 0.5) is 0 Å². The maximum atomic E-state index is 9.85. The van der Waals surface area contributed by atoms with Crippen LogP contribution in [0.3, 0.4) is 0 Å². The van der Waals surface area contributed by atoms with E-state index in [9.17, 15) is 4.79 Å². The summed E-state index contributed by atoms with van der Waals surface area (Å²) >= 11 is 3.49. The predicted molar refractivity (Wildman–Crippen MR) is 29.5 cm³/mol. The Balaban J connectivity index is 3.64. The van der Waals surface area contributed by atoms with Gasteiger partial charge in [-0.3, -0.25) is 4.79 Å². The quantitative estimate of drug-likeness (QED) is 0.425. The molecular formula is C3H7NO2S. The van der Waals surface area contributed by atoms with E-state index in [4.69, 9.17) is 12.2 Å². The van der Waals surface area contributed by atoms with E-state index in [-0.39, 0.29) is 0 Å². The van der Waals surface area contributed by atoms with Gasteiger partial charge in [0.05, 0.1) is 0 Å². The average Bonchev–Trinajstić information content (AvgIpc) is 1.64. The highest BCUT2D eigenvalue weighted by molar-refractivity contribution is 7.80. The van der Waals surface area contributed by atoms with Crippen LogP contribution in [0, 0.1) is 0 Å². The van der Waals surface area contributed by atoms with Gasteiger partial charge in [0.1, 0.15) is 6.04 Å². The summed E-state index contributed by atoms with van der Waals surface area (Å²) in [6.45, 7) is 0. The van der Waals surface area contributed by atoms with E-state index in [1.54, 1.807) is 0 Å². The Morgan fingerprint density at radius 2 is 2.71 bits per heavy atom. The molecule has 0 radical (unpaired) electrons. The number of aliphatic carboxylic acids is 1. The lowest BCUT2D eigenvalue weighted by Gasteiger charge is -1.96. The molecule has 0 aromatic rings. The maximum absolute atomic E-state index is 9.85. The number of hydrogen-bond acceptors (Lipinski definition) is 3. The van der Waals surface area contributed by atoms with E-state index in [0.29, 0.717) is 0 Å². The molecule has 3 N–H and O–H groups in total. The lowest BCUT2D eigenvalue weighted by atomic mass is 10.4. The van der Waals surface area contributed by atoms with E-state index in [0.717, 1.165) is 0 Å². The maximum Gasteiger partial charge on any atom is 0.321 e. The van der Waals surface area contributed by atoms with Crippen LogP contribution >= 0.6 is 12.6 Å². The van der Waals surface area contributed by atoms with Crippen molar-refractivity contribution in [2.75, 3.05) is 5.73 Å². The number of carbonyl (C=O) groups is 1. The molecule has 3 nitrogen and oxygen atoms in total. The number of carboxylic acid groups (broad SMARTS) is 1. The number of nitrogens with two attached hydrogens (primary N) is 1. The second-order valence-corrected chi connectivity index (χ2v) is 1.31. The van der Waals surface area contributed by atoms with E-state index in [1.807, 2.05) is 0 Å². The molecule has 0 heterocycles. The van der Waals surface area contributed by atoms with Gasteiger partial charge in [-0.25, -0.2) is 0 Å². The Labute approximate surface area is 48.3 Å². The summed E-state index contributed by atoms with van der Waals surface area (Å²) < 4.78 is 6.67. The smallest absolute Gasteiger partial charge is 0.321 e. The minimum Gasteiger partial charge on any atom is -0.480 e. The monoisotopic (exact) mass is 122 g/mol. The van der Waals surface area contributed by atoms with Crippen molar-refractivity contribution in [3.63, 3.8) is 0 Å². The molecule has 0 rings (SSSR count). The standard InChI is InChI=1S/C3H7NO2S/c4-2(1-7)3(5)6/h2,7H,1,4H2,(H,5,6)/t2-/m0/s1/i1D/t1?,2-. The molecule has 0 fully saturated rings. The molecule has 4 heteroatoms. The fraction of sp³-hybridized carbons (Fsp3) is 0.667. The zero-order valence-corrected chi connectivity index (χ0v) is 4.43. The van der Waals surface area contributed by atoms with Crippen LogP contribution in [-0.4, -0.2) is 22.8 Å². The Kier molecular flexibility index (Phi) is 2.02. The molecule has 0 aliphatic rings. The topological polar surface area (TPSA) is 63.3 Å². The predicted octanol–water partition coefficient (Wildman–Crippen LogP) is -0.672. The summed E-state index contributed by atoms with van der Waals surface area (Å²) in [5, 5.41) is 8.06. The van der Waals surface area contributed by atoms with Crippen molar-refractivity contribution in [3.05, 3.63) is 0 Å². The Hall–Kier alpha value is -0.220. The first-order chi connectivity index (χ1) is 3.55. The van der Waals surface area contributed by atoms with Gasteiger partial charge in [-0.1, -0.05) is 0 Å². The first-order valence-electron chi connectivity index (χ1n) is 2.22. The Morgan fingerprint density at radius 1 is 2.29 bits per heavy atom. The van der Waals surface area contributed by atoms with Crippen molar-refractivity contribution in [2.45, 2.75) is 6.04 Å². The third-order valence-corrected chi connectivity index (χ3v) is 0.767. The third kappa shape index (κ3) is 2.47. The van der Waals surface area contributed by atoms with Gasteiger partial charge in [-0.15, -0.1) is 0 Å². The van der Waals surface area contributed by atoms with Gasteiger partial charge in [-0.2, -0.15) is 12.6 Å². The molecular weight excluding hydrogens is 114 g/mol. The molecule has 0 amide bonds. The highest BCUT2D eigenvalue weighted by Gasteiger charge is 2.06. The number of rotatable bonds is 2. The van der Waals surface area contributed by atoms with Gasteiger partial charge in [-0.05, 0) is 0 Å². The van der Waals surface area contributed by atoms with E-state index in [1.165, 1.54) is 0 Å². The SMILES string of the molecule is [2H]C(S)[C@H](N)C(=O)O. The summed E-state index contributed by atoms with van der Waals surface area (Å²) in [6.07, 6.45) is 0. The van der Waals surface area contributed by atoms with Gasteiger partial charge >= 0.3 is 5.97 Å². The van der Waals surface area contributed by atoms with Crippen molar-refractivity contribution in [1.29, 1.82) is 0 Å². The van der Waals surface area contributed by atoms with Crippen molar-refractivity contribution in [2.24, 2.45) is 5.73 Å². The summed E-state index contributed by atoms with van der Waals surface area (Å²) in [5.41, 5.74) is 3.86. The fourth-order valence-electron chi connectivity index (χ4n) is 0.0638. The molecule has 0 saturated heterocycles. The number of carboxylic acids is 1. The highest BCUT2D eigenvalue weighted by atomic mass is 32.1. The molecule has 0 aliphatic carbocycles. The number of thiol groups is 1. The van der Waals surface area contributed by atoms with Crippen molar-refractivity contribution in [1.82, 2.24) is 0 Å². The van der Waals surface area contributed by atoms with E-state index >= 15 is 0 Å². The highest BCUT2D eigenvalue weighted by Crippen LogP contribution is 1.80. The molecule has 42 valence electrons. The summed E-state index contributed by atoms with van der Waals surface area (Å²) in [6, 6.07) is -1.18. The molecule has 0 aliphatic heterocycles. The van der Waals surface area contributed by atoms with Crippen LogP contribution in [0.5, 0.6) is 0 Å². The third-order valence-electron chi connectivity index (χ3n) is 0.446. The molecule has 0 spiro atoms. The lowest BCUT2D eigenvalue weighted by molar-refractivity contribution is -0.137. The fourth-order valence-corrected chi connectivity index (χ4v) is 0.191. The molecule has 7 heavy (non-hydrogen) atoms. The van der Waals surface area contributed by atoms with Gasteiger partial charge in [0, 0.05) is 7.10 Å². The van der Waals surface area contributed by atoms with Gasteiger partial charge < -0.3 is 10.8 Å². The normalized spacial score (nSPS) is 20.0. The minimum absolute atomic E-state index is 1.03. The van der Waals surface area contributed by atoms with Crippen molar-refractivity contribution in [3.8, 4) is 0 Å². The largest absolute Gasteiger partial charge is 0.480 e. The van der Waals surface area contributed by atoms with Gasteiger partial charge in [0.2, 0.25) is 0 Å². The molecule has 0 aromatic carbocycles. The Bertz CT molecular complexity index is 97.3. The first kappa shape index (κ1) is 4.93. The van der Waals surface area contributed by atoms with Crippen LogP contribution in [0.2, 0.25) is 0 Å². The number of hydrogen-bond donors (Lipinski definition) is 3. The molecule has 0 aromatic heterocycles.